The molecule has 0 saturated carbocycles. The van der Waals surface area contributed by atoms with Gasteiger partial charge in [-0.3, -0.25) is 10.0 Å². The summed E-state index contributed by atoms with van der Waals surface area (Å²) < 4.78 is 43.8. The second-order valence-electron chi connectivity index (χ2n) is 7.11. The maximum absolute atomic E-state index is 13.1. The highest BCUT2D eigenvalue weighted by Gasteiger charge is 2.54. The van der Waals surface area contributed by atoms with Crippen LogP contribution < -0.4 is 15.0 Å². The molecule has 10 nitrogen and oxygen atoms in total. The fourth-order valence-electron chi connectivity index (χ4n) is 3.73. The quantitative estimate of drug-likeness (QED) is 0.420. The number of benzene rings is 1. The number of nitrogens with one attached hydrogen (secondary N) is 1. The van der Waals surface area contributed by atoms with Gasteiger partial charge in [0.15, 0.2) is 17.1 Å². The molecular weight excluding hydrogens is 404 g/mol. The number of carbonyl (C=O) groups excluding carboxylic acids is 1. The number of hydrogen-bond acceptors (Lipinski definition) is 8. The van der Waals surface area contributed by atoms with Crippen molar-refractivity contribution in [3.05, 3.63) is 24.3 Å². The number of piperidine rings is 1. The predicted octanol–water partition coefficient (Wildman–Crippen LogP) is -0.106. The Hall–Kier alpha value is -1.92. The summed E-state index contributed by atoms with van der Waals surface area (Å²) in [5, 5.41) is 18.1. The zero-order chi connectivity index (χ0) is 21.1. The average molecular weight is 430 g/mol. The lowest BCUT2D eigenvalue weighted by atomic mass is 9.95. The van der Waals surface area contributed by atoms with Gasteiger partial charge in [-0.05, 0) is 31.4 Å². The summed E-state index contributed by atoms with van der Waals surface area (Å²) in [5.41, 5.74) is -1.01. The summed E-state index contributed by atoms with van der Waals surface area (Å²) in [6.07, 6.45) is 0.659. The highest BCUT2D eigenvalue weighted by molar-refractivity contribution is 7.89. The summed E-state index contributed by atoms with van der Waals surface area (Å²) in [7, 11) is -2.46. The van der Waals surface area contributed by atoms with Crippen molar-refractivity contribution < 1.29 is 37.7 Å². The van der Waals surface area contributed by atoms with Gasteiger partial charge in [-0.25, -0.2) is 18.2 Å². The Morgan fingerprint density at radius 2 is 1.90 bits per heavy atom. The van der Waals surface area contributed by atoms with Crippen molar-refractivity contribution in [3.8, 4) is 11.5 Å². The topological polar surface area (TPSA) is 135 Å². The van der Waals surface area contributed by atoms with Crippen LogP contribution in [-0.4, -0.2) is 79.3 Å². The van der Waals surface area contributed by atoms with Gasteiger partial charge in [0.1, 0.15) is 11.4 Å². The van der Waals surface area contributed by atoms with E-state index in [0.29, 0.717) is 24.3 Å². The minimum atomic E-state index is -4.01. The lowest BCUT2D eigenvalue weighted by Gasteiger charge is -2.41. The smallest absolute Gasteiger partial charge is 0.279 e. The van der Waals surface area contributed by atoms with Crippen molar-refractivity contribution in [1.82, 2.24) is 9.79 Å². The molecule has 3 rings (SSSR count). The largest absolute Gasteiger partial charge is 0.493 e. The molecule has 2 unspecified atom stereocenters. The Morgan fingerprint density at radius 1 is 1.24 bits per heavy atom. The number of amides is 1. The van der Waals surface area contributed by atoms with E-state index in [9.17, 15) is 18.3 Å². The normalized spacial score (nSPS) is 26.7. The van der Waals surface area contributed by atoms with Crippen LogP contribution in [-0.2, 0) is 19.6 Å². The highest BCUT2D eigenvalue weighted by atomic mass is 32.2. The van der Waals surface area contributed by atoms with Gasteiger partial charge < -0.3 is 19.3 Å². The second-order valence-corrected chi connectivity index (χ2v) is 9.22. The lowest BCUT2D eigenvalue weighted by molar-refractivity contribution is -0.161. The van der Waals surface area contributed by atoms with Crippen LogP contribution in [0.2, 0.25) is 0 Å². The molecule has 0 aromatic heterocycles. The summed E-state index contributed by atoms with van der Waals surface area (Å²) in [6.45, 7) is -0.0262. The molecule has 3 N–H and O–H groups in total. The predicted molar refractivity (Wildman–Crippen MR) is 101 cm³/mol. The van der Waals surface area contributed by atoms with Crippen LogP contribution in [0.4, 0.5) is 0 Å². The second kappa shape index (κ2) is 8.84. The van der Waals surface area contributed by atoms with Gasteiger partial charge in [-0.2, -0.15) is 0 Å². The molecule has 0 bridgehead atoms. The first-order valence-electron chi connectivity index (χ1n) is 9.36. The molecule has 0 spiro atoms. The maximum atomic E-state index is 13.1. The van der Waals surface area contributed by atoms with Crippen LogP contribution in [0.3, 0.4) is 0 Å². The molecule has 0 aliphatic carbocycles. The number of ether oxygens (including phenoxy) is 3. The summed E-state index contributed by atoms with van der Waals surface area (Å²) in [4.78, 5) is 11.9. The van der Waals surface area contributed by atoms with Crippen molar-refractivity contribution in [1.29, 1.82) is 0 Å². The van der Waals surface area contributed by atoms with Crippen molar-refractivity contribution >= 4 is 15.9 Å². The van der Waals surface area contributed by atoms with E-state index < -0.39 is 33.4 Å². The van der Waals surface area contributed by atoms with Crippen molar-refractivity contribution in [2.75, 3.05) is 33.4 Å². The molecule has 2 aliphatic rings. The van der Waals surface area contributed by atoms with Gasteiger partial charge >= 0.3 is 0 Å². The first-order valence-corrected chi connectivity index (χ1v) is 10.9. The fourth-order valence-corrected chi connectivity index (χ4v) is 5.88. The van der Waals surface area contributed by atoms with Crippen molar-refractivity contribution in [2.24, 2.45) is 0 Å². The number of aliphatic hydroxyl groups is 1. The average Bonchev–Trinajstić information content (AvgIpc) is 2.74. The summed E-state index contributed by atoms with van der Waals surface area (Å²) in [6, 6.07) is 7.23. The molecule has 162 valence electrons. The number of rotatable bonds is 6. The molecule has 2 aliphatic heterocycles. The van der Waals surface area contributed by atoms with E-state index in [1.807, 2.05) is 12.1 Å². The van der Waals surface area contributed by atoms with E-state index >= 15 is 0 Å². The van der Waals surface area contributed by atoms with Gasteiger partial charge in [-0.15, -0.1) is 0 Å². The molecule has 2 fully saturated rings. The molecule has 1 aromatic rings. The van der Waals surface area contributed by atoms with Crippen LogP contribution in [0, 0.1) is 0 Å². The number of hydrogen-bond donors (Lipinski definition) is 3. The minimum Gasteiger partial charge on any atom is -0.493 e. The molecule has 2 heterocycles. The van der Waals surface area contributed by atoms with E-state index in [0.717, 1.165) is 0 Å². The molecule has 0 radical (unpaired) electrons. The van der Waals surface area contributed by atoms with Crippen LogP contribution in [0.15, 0.2) is 24.3 Å². The number of methoxy groups -OCH3 is 1. The summed E-state index contributed by atoms with van der Waals surface area (Å²) >= 11 is 0. The van der Waals surface area contributed by atoms with Gasteiger partial charge in [-0.1, -0.05) is 12.1 Å². The van der Waals surface area contributed by atoms with Crippen LogP contribution in [0.5, 0.6) is 11.5 Å². The molecule has 2 saturated heterocycles. The van der Waals surface area contributed by atoms with E-state index in [-0.39, 0.29) is 32.2 Å². The Morgan fingerprint density at radius 3 is 2.52 bits per heavy atom. The monoisotopic (exact) mass is 430 g/mol. The van der Waals surface area contributed by atoms with Gasteiger partial charge in [0, 0.05) is 19.7 Å². The summed E-state index contributed by atoms with van der Waals surface area (Å²) in [5.74, 6) is -0.000248. The molecule has 1 aromatic carbocycles. The van der Waals surface area contributed by atoms with Gasteiger partial charge in [0.05, 0.1) is 13.7 Å². The zero-order valence-electron chi connectivity index (χ0n) is 16.1. The first kappa shape index (κ1) is 21.8. The maximum Gasteiger partial charge on any atom is 0.279 e. The Balaban J connectivity index is 1.68. The zero-order valence-corrected chi connectivity index (χ0v) is 16.9. The Bertz CT molecular complexity index is 825. The van der Waals surface area contributed by atoms with Crippen LogP contribution >= 0.6 is 0 Å². The van der Waals surface area contributed by atoms with Crippen LogP contribution in [0.1, 0.15) is 19.3 Å². The van der Waals surface area contributed by atoms with Crippen LogP contribution in [0.25, 0.3) is 0 Å². The minimum absolute atomic E-state index is 0.0517. The fraction of sp³-hybridized carbons (Fsp3) is 0.611. The molecule has 1 amide bonds. The third-order valence-corrected chi connectivity index (χ3v) is 7.79. The lowest BCUT2D eigenvalue weighted by Crippen LogP contribution is -2.64. The number of hydroxylamine groups is 1. The Labute approximate surface area is 169 Å². The third-order valence-electron chi connectivity index (χ3n) is 5.36. The Kier molecular flexibility index (Phi) is 6.64. The number of carbonyl (C=O) groups is 1. The highest BCUT2D eigenvalue weighted by Crippen LogP contribution is 2.32. The SMILES string of the molecule is COc1ccccc1OC1CCN(S(=O)(=O)C2CCOCC2(O)C(=O)NO)CC1. The van der Waals surface area contributed by atoms with E-state index in [2.05, 4.69) is 0 Å². The van der Waals surface area contributed by atoms with Gasteiger partial charge in [0.2, 0.25) is 10.0 Å². The number of para-hydroxylation sites is 2. The van der Waals surface area contributed by atoms with Gasteiger partial charge in [0.25, 0.3) is 5.91 Å². The number of nitrogens with zero attached hydrogens (tertiary/aromatic N) is 1. The standard InChI is InChI=1S/C18H26N2O8S/c1-26-14-4-2-3-5-15(14)28-13-6-9-20(10-7-13)29(24,25)16-8-11-27-12-18(16,22)17(21)19-23/h2-5,13,16,22-23H,6-12H2,1H3,(H,19,21). The van der Waals surface area contributed by atoms with E-state index in [1.54, 1.807) is 19.2 Å². The number of sulfonamides is 1. The molecule has 29 heavy (non-hydrogen) atoms. The molecule has 2 atom stereocenters. The molecular formula is C18H26N2O8S. The van der Waals surface area contributed by atoms with E-state index in [1.165, 1.54) is 9.79 Å². The third kappa shape index (κ3) is 4.33. The first-order chi connectivity index (χ1) is 13.8. The van der Waals surface area contributed by atoms with Crippen molar-refractivity contribution in [3.63, 3.8) is 0 Å². The van der Waals surface area contributed by atoms with E-state index in [4.69, 9.17) is 19.4 Å². The molecule has 11 heteroatoms. The van der Waals surface area contributed by atoms with Crippen molar-refractivity contribution in [2.45, 2.75) is 36.2 Å².